The van der Waals surface area contributed by atoms with Crippen molar-refractivity contribution in [2.24, 2.45) is 5.73 Å². The summed E-state index contributed by atoms with van der Waals surface area (Å²) < 4.78 is 14.4. The molecule has 2 rings (SSSR count). The molecule has 0 aliphatic rings. The molecule has 0 bridgehead atoms. The smallest absolute Gasteiger partial charge is 0.141 e. The molecule has 2 aromatic rings. The maximum atomic E-state index is 12.7. The summed E-state index contributed by atoms with van der Waals surface area (Å²) in [5.74, 6) is 0.252. The van der Waals surface area contributed by atoms with Crippen molar-refractivity contribution in [1.82, 2.24) is 14.5 Å². The summed E-state index contributed by atoms with van der Waals surface area (Å²) in [7, 11) is 0. The third-order valence-electron chi connectivity index (χ3n) is 2.09. The number of imidazole rings is 1. The van der Waals surface area contributed by atoms with E-state index in [9.17, 15) is 4.39 Å². The normalized spacial score (nSPS) is 12.7. The number of pyridine rings is 1. The highest BCUT2D eigenvalue weighted by molar-refractivity contribution is 5.26. The van der Waals surface area contributed by atoms with Gasteiger partial charge >= 0.3 is 0 Å². The van der Waals surface area contributed by atoms with E-state index < -0.39 is 0 Å². The van der Waals surface area contributed by atoms with Crippen LogP contribution in [0.1, 0.15) is 18.7 Å². The summed E-state index contributed by atoms with van der Waals surface area (Å²) in [6.07, 6.45) is 4.45. The molecule has 78 valence electrons. The van der Waals surface area contributed by atoms with Gasteiger partial charge in [0.25, 0.3) is 0 Å². The van der Waals surface area contributed by atoms with Crippen molar-refractivity contribution in [3.05, 3.63) is 42.4 Å². The minimum absolute atomic E-state index is 0.139. The number of hydrogen-bond donors (Lipinski definition) is 1. The molecular weight excluding hydrogens is 195 g/mol. The second-order valence-corrected chi connectivity index (χ2v) is 3.31. The lowest BCUT2D eigenvalue weighted by molar-refractivity contribution is 0.619. The minimum atomic E-state index is -0.360. The molecule has 2 heterocycles. The Balaban J connectivity index is 2.45. The molecule has 0 radical (unpaired) electrons. The third-order valence-corrected chi connectivity index (χ3v) is 2.09. The first-order chi connectivity index (χ1) is 7.18. The van der Waals surface area contributed by atoms with Crippen LogP contribution < -0.4 is 5.73 Å². The van der Waals surface area contributed by atoms with E-state index in [1.54, 1.807) is 23.2 Å². The van der Waals surface area contributed by atoms with Gasteiger partial charge in [-0.2, -0.15) is 0 Å². The SMILES string of the molecule is C[C@@H](N)c1cncn1-c1ccc(F)cn1. The first kappa shape index (κ1) is 9.79. The second kappa shape index (κ2) is 3.78. The highest BCUT2D eigenvalue weighted by Gasteiger charge is 2.08. The Labute approximate surface area is 86.6 Å². The van der Waals surface area contributed by atoms with Gasteiger partial charge in [0.1, 0.15) is 18.0 Å². The lowest BCUT2D eigenvalue weighted by Gasteiger charge is -2.09. The Morgan fingerprint density at radius 1 is 1.40 bits per heavy atom. The summed E-state index contributed by atoms with van der Waals surface area (Å²) in [6.45, 7) is 1.86. The highest BCUT2D eigenvalue weighted by Crippen LogP contribution is 2.13. The topological polar surface area (TPSA) is 56.7 Å². The van der Waals surface area contributed by atoms with Crippen LogP contribution >= 0.6 is 0 Å². The minimum Gasteiger partial charge on any atom is -0.323 e. The maximum absolute atomic E-state index is 12.7. The van der Waals surface area contributed by atoms with Crippen LogP contribution in [0.5, 0.6) is 0 Å². The molecule has 2 aromatic heterocycles. The Morgan fingerprint density at radius 3 is 2.80 bits per heavy atom. The van der Waals surface area contributed by atoms with Crippen molar-refractivity contribution >= 4 is 0 Å². The van der Waals surface area contributed by atoms with Crippen molar-refractivity contribution in [1.29, 1.82) is 0 Å². The van der Waals surface area contributed by atoms with Gasteiger partial charge in [0.2, 0.25) is 0 Å². The zero-order valence-electron chi connectivity index (χ0n) is 8.26. The van der Waals surface area contributed by atoms with Gasteiger partial charge < -0.3 is 5.73 Å². The van der Waals surface area contributed by atoms with Crippen molar-refractivity contribution in [2.45, 2.75) is 13.0 Å². The molecule has 1 atom stereocenters. The van der Waals surface area contributed by atoms with E-state index >= 15 is 0 Å². The van der Waals surface area contributed by atoms with E-state index in [-0.39, 0.29) is 11.9 Å². The molecule has 15 heavy (non-hydrogen) atoms. The first-order valence-electron chi connectivity index (χ1n) is 4.58. The van der Waals surface area contributed by atoms with Gasteiger partial charge in [-0.3, -0.25) is 4.57 Å². The molecule has 0 unspecified atom stereocenters. The van der Waals surface area contributed by atoms with Crippen molar-refractivity contribution in [2.75, 3.05) is 0 Å². The summed E-state index contributed by atoms with van der Waals surface area (Å²) in [6, 6.07) is 2.80. The van der Waals surface area contributed by atoms with E-state index in [1.165, 1.54) is 12.3 Å². The maximum Gasteiger partial charge on any atom is 0.141 e. The van der Waals surface area contributed by atoms with Gasteiger partial charge in [-0.15, -0.1) is 0 Å². The number of nitrogens with zero attached hydrogens (tertiary/aromatic N) is 3. The van der Waals surface area contributed by atoms with E-state index in [1.807, 2.05) is 6.92 Å². The average Bonchev–Trinajstić information content (AvgIpc) is 2.67. The van der Waals surface area contributed by atoms with Crippen LogP contribution in [-0.2, 0) is 0 Å². The number of aromatic nitrogens is 3. The molecular formula is C10H11FN4. The Hall–Kier alpha value is -1.75. The fraction of sp³-hybridized carbons (Fsp3) is 0.200. The summed E-state index contributed by atoms with van der Waals surface area (Å²) in [4.78, 5) is 7.95. The van der Waals surface area contributed by atoms with Gasteiger partial charge in [0.05, 0.1) is 18.1 Å². The zero-order valence-corrected chi connectivity index (χ0v) is 8.26. The Bertz CT molecular complexity index is 447. The van der Waals surface area contributed by atoms with E-state index in [0.29, 0.717) is 5.82 Å². The molecule has 4 nitrogen and oxygen atoms in total. The standard InChI is InChI=1S/C10H11FN4/c1-7(12)9-5-13-6-15(9)10-3-2-8(11)4-14-10/h2-7H,12H2,1H3/t7-/m1/s1. The van der Waals surface area contributed by atoms with Gasteiger partial charge in [0, 0.05) is 6.04 Å². The van der Waals surface area contributed by atoms with Gasteiger partial charge in [-0.25, -0.2) is 14.4 Å². The first-order valence-corrected chi connectivity index (χ1v) is 4.58. The average molecular weight is 206 g/mol. The second-order valence-electron chi connectivity index (χ2n) is 3.31. The number of hydrogen-bond acceptors (Lipinski definition) is 3. The van der Waals surface area contributed by atoms with E-state index in [0.717, 1.165) is 5.69 Å². The number of nitrogens with two attached hydrogens (primary N) is 1. The van der Waals surface area contributed by atoms with Gasteiger partial charge in [-0.1, -0.05) is 0 Å². The van der Waals surface area contributed by atoms with Crippen LogP contribution in [-0.4, -0.2) is 14.5 Å². The molecule has 0 fully saturated rings. The van der Waals surface area contributed by atoms with E-state index in [4.69, 9.17) is 5.73 Å². The highest BCUT2D eigenvalue weighted by atomic mass is 19.1. The van der Waals surface area contributed by atoms with Crippen LogP contribution in [0.3, 0.4) is 0 Å². The molecule has 0 aliphatic carbocycles. The van der Waals surface area contributed by atoms with E-state index in [2.05, 4.69) is 9.97 Å². The van der Waals surface area contributed by atoms with Crippen LogP contribution in [0.4, 0.5) is 4.39 Å². The Morgan fingerprint density at radius 2 is 2.20 bits per heavy atom. The van der Waals surface area contributed by atoms with Crippen molar-refractivity contribution < 1.29 is 4.39 Å². The monoisotopic (exact) mass is 206 g/mol. The molecule has 0 saturated heterocycles. The molecule has 0 amide bonds. The number of halogens is 1. The summed E-state index contributed by atoms with van der Waals surface area (Å²) >= 11 is 0. The lowest BCUT2D eigenvalue weighted by atomic mass is 10.2. The zero-order chi connectivity index (χ0) is 10.8. The van der Waals surface area contributed by atoms with Gasteiger partial charge in [0.15, 0.2) is 0 Å². The lowest BCUT2D eigenvalue weighted by Crippen LogP contribution is -2.11. The number of rotatable bonds is 2. The van der Waals surface area contributed by atoms with Crippen molar-refractivity contribution in [3.63, 3.8) is 0 Å². The fourth-order valence-corrected chi connectivity index (χ4v) is 1.34. The van der Waals surface area contributed by atoms with Gasteiger partial charge in [-0.05, 0) is 19.1 Å². The Kier molecular flexibility index (Phi) is 2.47. The molecule has 2 N–H and O–H groups in total. The molecule has 0 saturated carbocycles. The molecule has 0 aliphatic heterocycles. The summed E-state index contributed by atoms with van der Waals surface area (Å²) in [5, 5.41) is 0. The fourth-order valence-electron chi connectivity index (χ4n) is 1.34. The quantitative estimate of drug-likeness (QED) is 0.808. The molecule has 0 aromatic carbocycles. The molecule has 5 heteroatoms. The van der Waals surface area contributed by atoms with Crippen LogP contribution in [0.25, 0.3) is 5.82 Å². The molecule has 0 spiro atoms. The van der Waals surface area contributed by atoms with Crippen molar-refractivity contribution in [3.8, 4) is 5.82 Å². The largest absolute Gasteiger partial charge is 0.323 e. The van der Waals surface area contributed by atoms with Crippen LogP contribution in [0.15, 0.2) is 30.9 Å². The summed E-state index contributed by atoms with van der Waals surface area (Å²) in [5.41, 5.74) is 6.61. The third kappa shape index (κ3) is 1.87. The van der Waals surface area contributed by atoms with Crippen LogP contribution in [0, 0.1) is 5.82 Å². The predicted octanol–water partition coefficient (Wildman–Crippen LogP) is 1.43. The van der Waals surface area contributed by atoms with Crippen LogP contribution in [0.2, 0.25) is 0 Å². The predicted molar refractivity (Wildman–Crippen MR) is 53.9 cm³/mol.